The van der Waals surface area contributed by atoms with Crippen molar-refractivity contribution in [1.82, 2.24) is 20.2 Å². The summed E-state index contributed by atoms with van der Waals surface area (Å²) in [5.74, 6) is -0.919. The number of rotatable bonds is 10. The van der Waals surface area contributed by atoms with Gasteiger partial charge in [-0.3, -0.25) is 4.90 Å². The standard InChI is InChI=1S/C38H47F2N5O3/c1-5-25-7-6-8-26(24(25)4)14-31(46)13-23(3)34-33(39)15-32-36(35(34)40)42-38(43-37(32)44-17-27-9-10-28(18-44)41-27)48-19-22(2)16-45-29-11-12-30(45)21-47-20-29/h6-8,13-15,22,27-30,41,46H,5,9-12,16-21H2,1-4H3/b23-13+,31-14+/t22-,27?,28?,29?,30?/m1/s1. The number of aliphatic hydroxyl groups excluding tert-OH is 1. The molecule has 0 radical (unpaired) electrons. The summed E-state index contributed by atoms with van der Waals surface area (Å²) in [4.78, 5) is 14.0. The maximum Gasteiger partial charge on any atom is 0.319 e. The molecule has 8 nitrogen and oxygen atoms in total. The maximum absolute atomic E-state index is 16.5. The largest absolute Gasteiger partial charge is 0.508 e. The Balaban J connectivity index is 1.21. The molecular formula is C38H47F2N5O3. The van der Waals surface area contributed by atoms with Crippen LogP contribution >= 0.6 is 0 Å². The first-order chi connectivity index (χ1) is 23.2. The molecule has 0 amide bonds. The van der Waals surface area contributed by atoms with Crippen LogP contribution in [0.1, 0.15) is 68.7 Å². The van der Waals surface area contributed by atoms with Crippen molar-refractivity contribution in [3.63, 3.8) is 0 Å². The Bertz CT molecular complexity index is 1720. The zero-order chi connectivity index (χ0) is 33.5. The van der Waals surface area contributed by atoms with E-state index < -0.39 is 11.6 Å². The van der Waals surface area contributed by atoms with Crippen LogP contribution in [0, 0.1) is 24.5 Å². The fourth-order valence-corrected chi connectivity index (χ4v) is 8.17. The quantitative estimate of drug-likeness (QED) is 0.186. The van der Waals surface area contributed by atoms with Crippen molar-refractivity contribution in [2.75, 3.05) is 44.4 Å². The Morgan fingerprint density at radius 1 is 1.12 bits per heavy atom. The van der Waals surface area contributed by atoms with Crippen LogP contribution in [0.25, 0.3) is 22.6 Å². The summed E-state index contributed by atoms with van der Waals surface area (Å²) < 4.78 is 44.4. The van der Waals surface area contributed by atoms with Gasteiger partial charge in [0.25, 0.3) is 0 Å². The predicted molar refractivity (Wildman–Crippen MR) is 185 cm³/mol. The van der Waals surface area contributed by atoms with Crippen molar-refractivity contribution in [2.24, 2.45) is 5.92 Å². The van der Waals surface area contributed by atoms with Gasteiger partial charge in [0, 0.05) is 55.1 Å². The van der Waals surface area contributed by atoms with Gasteiger partial charge in [0.1, 0.15) is 22.9 Å². The molecule has 2 N–H and O–H groups in total. The summed E-state index contributed by atoms with van der Waals surface area (Å²) in [5, 5.41) is 14.8. The van der Waals surface area contributed by atoms with Gasteiger partial charge in [-0.15, -0.1) is 0 Å². The van der Waals surface area contributed by atoms with E-state index >= 15 is 8.78 Å². The fraction of sp³-hybridized carbons (Fsp3) is 0.526. The van der Waals surface area contributed by atoms with E-state index in [0.29, 0.717) is 55.1 Å². The monoisotopic (exact) mass is 659 g/mol. The topological polar surface area (TPSA) is 83.0 Å². The number of fused-ring (bicyclic) bond motifs is 5. The highest BCUT2D eigenvalue weighted by Crippen LogP contribution is 2.36. The van der Waals surface area contributed by atoms with Gasteiger partial charge in [-0.05, 0) is 86.4 Å². The second kappa shape index (κ2) is 13.7. The first kappa shape index (κ1) is 32.9. The van der Waals surface area contributed by atoms with Crippen molar-refractivity contribution in [2.45, 2.75) is 84.0 Å². The van der Waals surface area contributed by atoms with Gasteiger partial charge in [-0.25, -0.2) is 8.78 Å². The zero-order valence-electron chi connectivity index (χ0n) is 28.4. The number of anilines is 1. The van der Waals surface area contributed by atoms with Crippen LogP contribution in [0.2, 0.25) is 0 Å². The molecule has 7 rings (SSSR count). The summed E-state index contributed by atoms with van der Waals surface area (Å²) in [6.45, 7) is 12.0. The van der Waals surface area contributed by atoms with Gasteiger partial charge in [-0.1, -0.05) is 32.0 Å². The number of benzene rings is 2. The van der Waals surface area contributed by atoms with Crippen molar-refractivity contribution >= 4 is 28.4 Å². The van der Waals surface area contributed by atoms with E-state index in [2.05, 4.69) is 40.0 Å². The molecule has 0 saturated carbocycles. The first-order valence-electron chi connectivity index (χ1n) is 17.5. The average Bonchev–Trinajstić information content (AvgIpc) is 3.49. The molecule has 4 unspecified atom stereocenters. The lowest BCUT2D eigenvalue weighted by Crippen LogP contribution is -2.51. The van der Waals surface area contributed by atoms with Crippen molar-refractivity contribution in [3.05, 3.63) is 70.0 Å². The molecule has 3 aromatic rings. The van der Waals surface area contributed by atoms with Crippen LogP contribution in [-0.4, -0.2) is 83.6 Å². The fourth-order valence-electron chi connectivity index (χ4n) is 8.17. The molecule has 1 aromatic heterocycles. The van der Waals surface area contributed by atoms with E-state index in [4.69, 9.17) is 14.5 Å². The molecule has 0 aliphatic carbocycles. The van der Waals surface area contributed by atoms with Gasteiger partial charge in [0.15, 0.2) is 5.82 Å². The van der Waals surface area contributed by atoms with Crippen LogP contribution in [0.4, 0.5) is 14.6 Å². The second-order valence-corrected chi connectivity index (χ2v) is 14.2. The zero-order valence-corrected chi connectivity index (χ0v) is 28.4. The minimum absolute atomic E-state index is 0.0128. The Morgan fingerprint density at radius 2 is 1.85 bits per heavy atom. The molecule has 10 heteroatoms. The van der Waals surface area contributed by atoms with Crippen LogP contribution < -0.4 is 15.0 Å². The molecule has 5 heterocycles. The van der Waals surface area contributed by atoms with Crippen LogP contribution in [0.3, 0.4) is 0 Å². The molecule has 4 fully saturated rings. The first-order valence-corrected chi connectivity index (χ1v) is 17.5. The van der Waals surface area contributed by atoms with Crippen LogP contribution in [-0.2, 0) is 11.2 Å². The van der Waals surface area contributed by atoms with E-state index in [1.54, 1.807) is 13.0 Å². The molecule has 4 saturated heterocycles. The number of morpholine rings is 1. The van der Waals surface area contributed by atoms with Crippen molar-refractivity contribution < 1.29 is 23.4 Å². The van der Waals surface area contributed by atoms with Gasteiger partial charge < -0.3 is 24.8 Å². The number of allylic oxidation sites excluding steroid dienone is 2. The molecule has 256 valence electrons. The van der Waals surface area contributed by atoms with Gasteiger partial charge in [-0.2, -0.15) is 9.97 Å². The van der Waals surface area contributed by atoms with Crippen LogP contribution in [0.5, 0.6) is 6.01 Å². The average molecular weight is 660 g/mol. The predicted octanol–water partition coefficient (Wildman–Crippen LogP) is 6.60. The SMILES string of the molecule is CCc1cccc(/C=C(O)\C=C(/C)c2c(F)cc3c(N4CC5CCC(C4)N5)nc(OC[C@H](C)CN4C5CCC4COC5)nc3c2F)c1C. The number of aromatic nitrogens is 2. The Morgan fingerprint density at radius 3 is 2.56 bits per heavy atom. The number of aryl methyl sites for hydroxylation is 1. The van der Waals surface area contributed by atoms with Crippen molar-refractivity contribution in [3.8, 4) is 6.01 Å². The Kier molecular flexibility index (Phi) is 9.41. The minimum atomic E-state index is -0.791. The number of nitrogens with zero attached hydrogens (tertiary/aromatic N) is 4. The highest BCUT2D eigenvalue weighted by atomic mass is 19.1. The third-order valence-corrected chi connectivity index (χ3v) is 10.7. The van der Waals surface area contributed by atoms with E-state index in [1.807, 2.05) is 19.1 Å². The highest BCUT2D eigenvalue weighted by Gasteiger charge is 2.38. The molecule has 4 bridgehead atoms. The number of nitrogens with one attached hydrogen (secondary N) is 1. The van der Waals surface area contributed by atoms with Gasteiger partial charge in [0.05, 0.1) is 25.4 Å². The van der Waals surface area contributed by atoms with Gasteiger partial charge >= 0.3 is 6.01 Å². The van der Waals surface area contributed by atoms with Gasteiger partial charge in [0.2, 0.25) is 0 Å². The minimum Gasteiger partial charge on any atom is -0.508 e. The number of ether oxygens (including phenoxy) is 2. The van der Waals surface area contributed by atoms with E-state index in [0.717, 1.165) is 63.0 Å². The molecule has 5 atom stereocenters. The highest BCUT2D eigenvalue weighted by molar-refractivity contribution is 5.93. The number of hydrogen-bond donors (Lipinski definition) is 2. The van der Waals surface area contributed by atoms with E-state index in [-0.39, 0.29) is 34.3 Å². The summed E-state index contributed by atoms with van der Waals surface area (Å²) in [6, 6.07) is 8.85. The van der Waals surface area contributed by atoms with Crippen molar-refractivity contribution in [1.29, 1.82) is 0 Å². The molecular weight excluding hydrogens is 612 g/mol. The normalized spacial score (nSPS) is 25.2. The van der Waals surface area contributed by atoms with E-state index in [9.17, 15) is 5.11 Å². The Hall–Kier alpha value is -3.60. The summed E-state index contributed by atoms with van der Waals surface area (Å²) in [6.07, 6.45) is 8.34. The lowest BCUT2D eigenvalue weighted by molar-refractivity contribution is -0.0229. The number of hydrogen-bond acceptors (Lipinski definition) is 8. The number of aliphatic hydroxyl groups is 1. The lowest BCUT2D eigenvalue weighted by atomic mass is 9.99. The third kappa shape index (κ3) is 6.54. The lowest BCUT2D eigenvalue weighted by Gasteiger charge is -2.36. The maximum atomic E-state index is 16.5. The Labute approximate surface area is 281 Å². The second-order valence-electron chi connectivity index (χ2n) is 14.2. The molecule has 4 aliphatic rings. The summed E-state index contributed by atoms with van der Waals surface area (Å²) in [5.41, 5.74) is 3.13. The van der Waals surface area contributed by atoms with Crippen LogP contribution in [0.15, 0.2) is 36.1 Å². The molecule has 2 aromatic carbocycles. The summed E-state index contributed by atoms with van der Waals surface area (Å²) >= 11 is 0. The number of halogens is 2. The summed E-state index contributed by atoms with van der Waals surface area (Å²) in [7, 11) is 0. The molecule has 4 aliphatic heterocycles. The smallest absolute Gasteiger partial charge is 0.319 e. The molecule has 48 heavy (non-hydrogen) atoms. The molecule has 0 spiro atoms. The third-order valence-electron chi connectivity index (χ3n) is 10.7. The van der Waals surface area contributed by atoms with E-state index in [1.165, 1.54) is 17.7 Å². The number of piperazine rings is 1.